The van der Waals surface area contributed by atoms with E-state index in [9.17, 15) is 23.5 Å². The number of carbonyl (C=O) groups excluding carboxylic acids is 2. The number of benzene rings is 2. The first-order valence-corrected chi connectivity index (χ1v) is 10.9. The largest absolute Gasteiger partial charge is 0.872 e. The average molecular weight is 459 g/mol. The lowest BCUT2D eigenvalue weighted by Gasteiger charge is -2.28. The number of nitrogens with zero attached hydrogens (tertiary/aromatic N) is 1. The van der Waals surface area contributed by atoms with E-state index in [1.165, 1.54) is 35.2 Å². The third kappa shape index (κ3) is 5.22. The second-order valence-corrected chi connectivity index (χ2v) is 8.62. The maximum atomic E-state index is 14.7. The Labute approximate surface area is 192 Å². The summed E-state index contributed by atoms with van der Waals surface area (Å²) in [7, 11) is 3.90. The van der Waals surface area contributed by atoms with Crippen LogP contribution in [0, 0.1) is 11.6 Å². The molecule has 6 nitrogen and oxygen atoms in total. The van der Waals surface area contributed by atoms with Crippen molar-refractivity contribution in [1.82, 2.24) is 4.90 Å². The molecule has 1 aliphatic heterocycles. The van der Waals surface area contributed by atoms with Gasteiger partial charge in [0.15, 0.2) is 11.6 Å². The minimum absolute atomic E-state index is 0.0289. The Balaban J connectivity index is 2.10. The maximum absolute atomic E-state index is 14.7. The van der Waals surface area contributed by atoms with Crippen molar-refractivity contribution in [1.29, 1.82) is 0 Å². The fourth-order valence-corrected chi connectivity index (χ4v) is 3.87. The molecular formula is C25H28F2N2O4. The quantitative estimate of drug-likeness (QED) is 0.370. The molecule has 2 aromatic carbocycles. The number of carbonyl (C=O) groups is 2. The Bertz CT molecular complexity index is 1080. The van der Waals surface area contributed by atoms with E-state index in [0.717, 1.165) is 11.0 Å². The predicted octanol–water partition coefficient (Wildman–Crippen LogP) is 1.51. The second-order valence-electron chi connectivity index (χ2n) is 8.62. The van der Waals surface area contributed by atoms with E-state index in [1.54, 1.807) is 19.9 Å². The molecule has 0 aromatic heterocycles. The highest BCUT2D eigenvalue weighted by atomic mass is 19.1. The fourth-order valence-electron chi connectivity index (χ4n) is 3.87. The van der Waals surface area contributed by atoms with Gasteiger partial charge >= 0.3 is 0 Å². The first kappa shape index (κ1) is 24.4. The van der Waals surface area contributed by atoms with Crippen molar-refractivity contribution in [2.75, 3.05) is 27.2 Å². The van der Waals surface area contributed by atoms with Crippen LogP contribution in [0.3, 0.4) is 0 Å². The van der Waals surface area contributed by atoms with Crippen LogP contribution in [-0.4, -0.2) is 49.9 Å². The van der Waals surface area contributed by atoms with Gasteiger partial charge in [0, 0.05) is 24.1 Å². The minimum atomic E-state index is -1.18. The van der Waals surface area contributed by atoms with Crippen molar-refractivity contribution >= 4 is 17.4 Å². The molecule has 1 amide bonds. The average Bonchev–Trinajstić information content (AvgIpc) is 2.99. The monoisotopic (exact) mass is 458 g/mol. The van der Waals surface area contributed by atoms with Crippen LogP contribution >= 0.6 is 0 Å². The van der Waals surface area contributed by atoms with E-state index in [4.69, 9.17) is 4.74 Å². The number of rotatable bonds is 8. The third-order valence-electron chi connectivity index (χ3n) is 5.36. The van der Waals surface area contributed by atoms with Gasteiger partial charge < -0.3 is 19.6 Å². The van der Waals surface area contributed by atoms with E-state index in [1.807, 2.05) is 14.1 Å². The van der Waals surface area contributed by atoms with Crippen LogP contribution in [0.4, 0.5) is 8.78 Å². The summed E-state index contributed by atoms with van der Waals surface area (Å²) in [5.74, 6) is -4.09. The van der Waals surface area contributed by atoms with Gasteiger partial charge in [-0.25, -0.2) is 8.78 Å². The summed E-state index contributed by atoms with van der Waals surface area (Å²) in [6.07, 6.45) is 0.288. The topological polar surface area (TPSA) is 74.1 Å². The highest BCUT2D eigenvalue weighted by molar-refractivity contribution is 6.46. The molecule has 0 saturated carbocycles. The minimum Gasteiger partial charge on any atom is -0.872 e. The Morgan fingerprint density at radius 2 is 1.82 bits per heavy atom. The number of ketones is 1. The number of hydrogen-bond donors (Lipinski definition) is 1. The zero-order chi connectivity index (χ0) is 24.3. The van der Waals surface area contributed by atoms with Gasteiger partial charge in [-0.05, 0) is 37.6 Å². The van der Waals surface area contributed by atoms with E-state index >= 15 is 0 Å². The van der Waals surface area contributed by atoms with Crippen molar-refractivity contribution in [2.45, 2.75) is 32.4 Å². The van der Waals surface area contributed by atoms with Crippen LogP contribution in [0.1, 0.15) is 37.4 Å². The standard InChI is InChI=1S/C25H28F2N2O4/c1-15(2)33-20-11-10-16(14-19(20)27)23(30)21-22(17-8-5-6-9-18(17)26)29(25(32)24(21)31)13-7-12-28(3)4/h5-6,8-11,14-15,22,30H,7,12-13H2,1-4H3. The molecule has 0 bridgehead atoms. The number of Topliss-reactive ketones (excluding diaryl/α,β-unsaturated/α-hetero) is 1. The molecule has 1 aliphatic rings. The zero-order valence-electron chi connectivity index (χ0n) is 19.2. The fraction of sp³-hybridized carbons (Fsp3) is 0.360. The van der Waals surface area contributed by atoms with Crippen molar-refractivity contribution < 1.29 is 33.1 Å². The van der Waals surface area contributed by atoms with Gasteiger partial charge in [-0.3, -0.25) is 9.59 Å². The van der Waals surface area contributed by atoms with Crippen molar-refractivity contribution in [2.24, 2.45) is 0 Å². The van der Waals surface area contributed by atoms with Gasteiger partial charge in [0.2, 0.25) is 5.78 Å². The van der Waals surface area contributed by atoms with Crippen molar-refractivity contribution in [3.63, 3.8) is 0 Å². The van der Waals surface area contributed by atoms with Gasteiger partial charge in [0.1, 0.15) is 5.82 Å². The number of hydrogen-bond acceptors (Lipinski definition) is 4. The summed E-state index contributed by atoms with van der Waals surface area (Å²) in [5.41, 5.74) is -0.433. The highest BCUT2D eigenvalue weighted by Crippen LogP contribution is 2.40. The normalized spacial score (nSPS) is 17.9. The maximum Gasteiger partial charge on any atom is 0.295 e. The lowest BCUT2D eigenvalue weighted by Crippen LogP contribution is -3.05. The van der Waals surface area contributed by atoms with E-state index < -0.39 is 35.1 Å². The van der Waals surface area contributed by atoms with E-state index in [-0.39, 0.29) is 35.1 Å². The van der Waals surface area contributed by atoms with Gasteiger partial charge in [-0.2, -0.15) is 0 Å². The molecule has 1 atom stereocenters. The Hall–Kier alpha value is -3.26. The highest BCUT2D eigenvalue weighted by Gasteiger charge is 2.44. The molecule has 0 aliphatic carbocycles. The molecule has 8 heteroatoms. The Kier molecular flexibility index (Phi) is 7.48. The van der Waals surface area contributed by atoms with E-state index in [0.29, 0.717) is 13.0 Å². The number of nitrogens with one attached hydrogen (secondary N) is 1. The number of likely N-dealkylation sites (tertiary alicyclic amines) is 1. The number of ether oxygens (including phenoxy) is 1. The molecule has 3 rings (SSSR count). The molecule has 1 N–H and O–H groups in total. The van der Waals surface area contributed by atoms with Crippen molar-refractivity contribution in [3.05, 3.63) is 70.8 Å². The van der Waals surface area contributed by atoms with Crippen LogP contribution in [0.25, 0.3) is 5.76 Å². The number of amides is 1. The SMILES string of the molecule is CC(C)Oc1ccc(C([O-])=C2C(=O)C(=O)N(CCC[NH+](C)C)C2c2ccccc2F)cc1F. The van der Waals surface area contributed by atoms with Crippen LogP contribution < -0.4 is 14.7 Å². The molecule has 1 heterocycles. The number of quaternary nitrogens is 1. The van der Waals surface area contributed by atoms with Gasteiger partial charge in [0.05, 0.1) is 32.8 Å². The molecular weight excluding hydrogens is 430 g/mol. The lowest BCUT2D eigenvalue weighted by molar-refractivity contribution is -0.858. The summed E-state index contributed by atoms with van der Waals surface area (Å²) in [6.45, 7) is 4.37. The Morgan fingerprint density at radius 1 is 1.12 bits per heavy atom. The van der Waals surface area contributed by atoms with Gasteiger partial charge in [0.25, 0.3) is 5.91 Å². The van der Waals surface area contributed by atoms with Crippen LogP contribution in [-0.2, 0) is 9.59 Å². The summed E-state index contributed by atoms with van der Waals surface area (Å²) in [5, 5.41) is 13.3. The second kappa shape index (κ2) is 10.1. The Morgan fingerprint density at radius 3 is 2.42 bits per heavy atom. The lowest BCUT2D eigenvalue weighted by atomic mass is 9.94. The number of halogens is 2. The van der Waals surface area contributed by atoms with E-state index in [2.05, 4.69) is 0 Å². The van der Waals surface area contributed by atoms with Gasteiger partial charge in [-0.15, -0.1) is 0 Å². The molecule has 176 valence electrons. The molecule has 0 radical (unpaired) electrons. The summed E-state index contributed by atoms with van der Waals surface area (Å²) >= 11 is 0. The van der Waals surface area contributed by atoms with Crippen LogP contribution in [0.5, 0.6) is 5.75 Å². The first-order chi connectivity index (χ1) is 15.6. The van der Waals surface area contributed by atoms with Crippen molar-refractivity contribution in [3.8, 4) is 5.75 Å². The summed E-state index contributed by atoms with van der Waals surface area (Å²) < 4.78 is 34.6. The first-order valence-electron chi connectivity index (χ1n) is 10.9. The molecule has 1 unspecified atom stereocenters. The van der Waals surface area contributed by atoms with Crippen LogP contribution in [0.2, 0.25) is 0 Å². The molecule has 1 fully saturated rings. The molecule has 0 spiro atoms. The predicted molar refractivity (Wildman–Crippen MR) is 117 cm³/mol. The summed E-state index contributed by atoms with van der Waals surface area (Å²) in [4.78, 5) is 28.2. The van der Waals surface area contributed by atoms with Crippen LogP contribution in [0.15, 0.2) is 48.0 Å². The molecule has 1 saturated heterocycles. The zero-order valence-corrected chi connectivity index (χ0v) is 19.2. The summed E-state index contributed by atoms with van der Waals surface area (Å²) in [6, 6.07) is 8.17. The third-order valence-corrected chi connectivity index (χ3v) is 5.36. The molecule has 2 aromatic rings. The molecule has 33 heavy (non-hydrogen) atoms. The smallest absolute Gasteiger partial charge is 0.295 e. The van der Waals surface area contributed by atoms with Gasteiger partial charge in [-0.1, -0.05) is 30.0 Å².